The van der Waals surface area contributed by atoms with Gasteiger partial charge >= 0.3 is 0 Å². The van der Waals surface area contributed by atoms with Gasteiger partial charge in [-0.1, -0.05) is 22.0 Å². The minimum atomic E-state index is -0.0637. The number of amides is 1. The zero-order valence-electron chi connectivity index (χ0n) is 13.8. The molecule has 0 aliphatic rings. The van der Waals surface area contributed by atoms with Crippen LogP contribution in [-0.2, 0) is 17.8 Å². The number of hydrogen-bond acceptors (Lipinski definition) is 4. The van der Waals surface area contributed by atoms with Crippen LogP contribution in [0.5, 0.6) is 11.5 Å². The number of benzene rings is 1. The minimum Gasteiger partial charge on any atom is -0.490 e. The number of pyridine rings is 1. The summed E-state index contributed by atoms with van der Waals surface area (Å²) in [6, 6.07) is 7.46. The number of nitrogens with zero attached hydrogens (tertiary/aromatic N) is 1. The third-order valence-corrected chi connectivity index (χ3v) is 4.01. The molecule has 6 heteroatoms. The number of ether oxygens (including phenoxy) is 2. The van der Waals surface area contributed by atoms with Crippen molar-refractivity contribution in [2.45, 2.75) is 26.8 Å². The molecule has 1 N–H and O–H groups in total. The molecule has 5 nitrogen and oxygen atoms in total. The molecule has 0 fully saturated rings. The van der Waals surface area contributed by atoms with Crippen LogP contribution in [0.2, 0.25) is 0 Å². The highest BCUT2D eigenvalue weighted by Gasteiger charge is 2.13. The maximum atomic E-state index is 12.2. The lowest BCUT2D eigenvalue weighted by Gasteiger charge is -2.14. The second-order valence-corrected chi connectivity index (χ2v) is 5.93. The lowest BCUT2D eigenvalue weighted by Crippen LogP contribution is -2.24. The van der Waals surface area contributed by atoms with E-state index in [1.807, 2.05) is 38.1 Å². The largest absolute Gasteiger partial charge is 0.490 e. The summed E-state index contributed by atoms with van der Waals surface area (Å²) < 4.78 is 12.0. The van der Waals surface area contributed by atoms with Gasteiger partial charge < -0.3 is 14.8 Å². The number of carbonyl (C=O) groups is 1. The summed E-state index contributed by atoms with van der Waals surface area (Å²) in [5.41, 5.74) is 1.82. The summed E-state index contributed by atoms with van der Waals surface area (Å²) in [6.07, 6.45) is 3.70. The fraction of sp³-hybridized carbons (Fsp3) is 0.333. The molecule has 1 heterocycles. The SMILES string of the molecule is CCOc1cc(Br)c(CC(=O)NCc2cccnc2)cc1OCC. The van der Waals surface area contributed by atoms with Crippen LogP contribution in [-0.4, -0.2) is 24.1 Å². The van der Waals surface area contributed by atoms with Crippen molar-refractivity contribution in [1.82, 2.24) is 10.3 Å². The Morgan fingerprint density at radius 3 is 2.54 bits per heavy atom. The summed E-state index contributed by atoms with van der Waals surface area (Å²) >= 11 is 3.50. The van der Waals surface area contributed by atoms with Crippen LogP contribution in [0.3, 0.4) is 0 Å². The predicted molar refractivity (Wildman–Crippen MR) is 96.3 cm³/mol. The topological polar surface area (TPSA) is 60.5 Å². The van der Waals surface area contributed by atoms with Crippen molar-refractivity contribution >= 4 is 21.8 Å². The van der Waals surface area contributed by atoms with Gasteiger partial charge in [0.25, 0.3) is 0 Å². The first kappa shape index (κ1) is 18.3. The van der Waals surface area contributed by atoms with Crippen LogP contribution >= 0.6 is 15.9 Å². The third-order valence-electron chi connectivity index (χ3n) is 3.28. The van der Waals surface area contributed by atoms with Crippen molar-refractivity contribution in [2.24, 2.45) is 0 Å². The van der Waals surface area contributed by atoms with E-state index in [4.69, 9.17) is 9.47 Å². The molecule has 0 saturated carbocycles. The zero-order valence-corrected chi connectivity index (χ0v) is 15.4. The average molecular weight is 393 g/mol. The van der Waals surface area contributed by atoms with E-state index >= 15 is 0 Å². The summed E-state index contributed by atoms with van der Waals surface area (Å²) in [7, 11) is 0. The Bertz CT molecular complexity index is 677. The Kier molecular flexibility index (Phi) is 7.06. The molecule has 1 amide bonds. The molecule has 2 aromatic rings. The van der Waals surface area contributed by atoms with Gasteiger partial charge in [0, 0.05) is 23.4 Å². The Balaban J connectivity index is 2.05. The van der Waals surface area contributed by atoms with Crippen LogP contribution in [0.4, 0.5) is 0 Å². The van der Waals surface area contributed by atoms with Crippen molar-refractivity contribution in [3.8, 4) is 11.5 Å². The number of halogens is 1. The van der Waals surface area contributed by atoms with E-state index in [1.54, 1.807) is 12.4 Å². The lowest BCUT2D eigenvalue weighted by molar-refractivity contribution is -0.120. The van der Waals surface area contributed by atoms with Gasteiger partial charge in [0.15, 0.2) is 11.5 Å². The molecular formula is C18H21BrN2O3. The number of aromatic nitrogens is 1. The van der Waals surface area contributed by atoms with Crippen molar-refractivity contribution in [2.75, 3.05) is 13.2 Å². The van der Waals surface area contributed by atoms with Crippen molar-refractivity contribution in [1.29, 1.82) is 0 Å². The maximum absolute atomic E-state index is 12.2. The first-order chi connectivity index (χ1) is 11.6. The second kappa shape index (κ2) is 9.27. The Labute approximate surface area is 150 Å². The molecule has 1 aromatic heterocycles. The fourth-order valence-electron chi connectivity index (χ4n) is 2.19. The summed E-state index contributed by atoms with van der Waals surface area (Å²) in [4.78, 5) is 16.2. The summed E-state index contributed by atoms with van der Waals surface area (Å²) in [5.74, 6) is 1.26. The molecule has 2 rings (SSSR count). The summed E-state index contributed by atoms with van der Waals surface area (Å²) in [6.45, 7) is 5.38. The van der Waals surface area contributed by atoms with Gasteiger partial charge in [-0.3, -0.25) is 9.78 Å². The van der Waals surface area contributed by atoms with E-state index in [2.05, 4.69) is 26.2 Å². The number of hydrogen-bond donors (Lipinski definition) is 1. The third kappa shape index (κ3) is 5.23. The Hall–Kier alpha value is -2.08. The van der Waals surface area contributed by atoms with Crippen LogP contribution in [0.25, 0.3) is 0 Å². The Morgan fingerprint density at radius 1 is 1.21 bits per heavy atom. The second-order valence-electron chi connectivity index (χ2n) is 5.07. The van der Waals surface area contributed by atoms with Gasteiger partial charge in [0.05, 0.1) is 19.6 Å². The van der Waals surface area contributed by atoms with E-state index in [0.29, 0.717) is 31.3 Å². The lowest BCUT2D eigenvalue weighted by atomic mass is 10.1. The summed E-state index contributed by atoms with van der Waals surface area (Å²) in [5, 5.41) is 2.89. The molecule has 0 spiro atoms. The van der Waals surface area contributed by atoms with E-state index in [0.717, 1.165) is 15.6 Å². The molecule has 24 heavy (non-hydrogen) atoms. The van der Waals surface area contributed by atoms with E-state index < -0.39 is 0 Å². The van der Waals surface area contributed by atoms with Crippen molar-refractivity contribution in [3.63, 3.8) is 0 Å². The standard InChI is InChI=1S/C18H21BrN2O3/c1-3-23-16-8-14(15(19)10-17(16)24-4-2)9-18(22)21-12-13-6-5-7-20-11-13/h5-8,10-11H,3-4,9,12H2,1-2H3,(H,21,22). The highest BCUT2D eigenvalue weighted by molar-refractivity contribution is 9.10. The fourth-order valence-corrected chi connectivity index (χ4v) is 2.65. The first-order valence-corrected chi connectivity index (χ1v) is 8.67. The normalized spacial score (nSPS) is 10.3. The van der Waals surface area contributed by atoms with E-state index in [1.165, 1.54) is 0 Å². The highest BCUT2D eigenvalue weighted by atomic mass is 79.9. The molecule has 0 unspecified atom stereocenters. The van der Waals surface area contributed by atoms with E-state index in [9.17, 15) is 4.79 Å². The maximum Gasteiger partial charge on any atom is 0.224 e. The van der Waals surface area contributed by atoms with Gasteiger partial charge in [-0.05, 0) is 43.2 Å². The van der Waals surface area contributed by atoms with Gasteiger partial charge in [-0.15, -0.1) is 0 Å². The van der Waals surface area contributed by atoms with Crippen LogP contribution < -0.4 is 14.8 Å². The molecule has 0 bridgehead atoms. The molecule has 128 valence electrons. The number of nitrogens with one attached hydrogen (secondary N) is 1. The average Bonchev–Trinajstić information content (AvgIpc) is 2.58. The smallest absolute Gasteiger partial charge is 0.224 e. The Morgan fingerprint density at radius 2 is 1.92 bits per heavy atom. The van der Waals surface area contributed by atoms with Gasteiger partial charge in [-0.2, -0.15) is 0 Å². The highest BCUT2D eigenvalue weighted by Crippen LogP contribution is 2.34. The first-order valence-electron chi connectivity index (χ1n) is 7.87. The number of rotatable bonds is 8. The van der Waals surface area contributed by atoms with Crippen LogP contribution in [0.15, 0.2) is 41.1 Å². The monoisotopic (exact) mass is 392 g/mol. The minimum absolute atomic E-state index is 0.0637. The molecule has 0 aliphatic heterocycles. The quantitative estimate of drug-likeness (QED) is 0.746. The predicted octanol–water partition coefficient (Wildman–Crippen LogP) is 3.50. The van der Waals surface area contributed by atoms with Crippen molar-refractivity contribution in [3.05, 3.63) is 52.3 Å². The van der Waals surface area contributed by atoms with Crippen molar-refractivity contribution < 1.29 is 14.3 Å². The van der Waals surface area contributed by atoms with Crippen LogP contribution in [0.1, 0.15) is 25.0 Å². The molecular weight excluding hydrogens is 372 g/mol. The number of carbonyl (C=O) groups excluding carboxylic acids is 1. The molecule has 0 saturated heterocycles. The van der Waals surface area contributed by atoms with Crippen LogP contribution in [0, 0.1) is 0 Å². The van der Waals surface area contributed by atoms with Gasteiger partial charge in [0.2, 0.25) is 5.91 Å². The van der Waals surface area contributed by atoms with Gasteiger partial charge in [-0.25, -0.2) is 0 Å². The zero-order chi connectivity index (χ0) is 17.4. The van der Waals surface area contributed by atoms with E-state index in [-0.39, 0.29) is 12.3 Å². The van der Waals surface area contributed by atoms with Gasteiger partial charge in [0.1, 0.15) is 0 Å². The molecule has 0 aliphatic carbocycles. The molecule has 0 radical (unpaired) electrons. The molecule has 0 atom stereocenters. The molecule has 1 aromatic carbocycles.